The van der Waals surface area contributed by atoms with E-state index < -0.39 is 10.0 Å². The Labute approximate surface area is 109 Å². The summed E-state index contributed by atoms with van der Waals surface area (Å²) in [5.41, 5.74) is -0.266. The van der Waals surface area contributed by atoms with Crippen molar-refractivity contribution in [1.82, 2.24) is 10.0 Å². The van der Waals surface area contributed by atoms with Gasteiger partial charge in [0.1, 0.15) is 0 Å². The fourth-order valence-electron chi connectivity index (χ4n) is 2.15. The van der Waals surface area contributed by atoms with E-state index in [1.807, 2.05) is 0 Å². The van der Waals surface area contributed by atoms with Gasteiger partial charge in [-0.3, -0.25) is 0 Å². The Morgan fingerprint density at radius 2 is 2.17 bits per heavy atom. The standard InChI is InChI=1S/C11H24N2O4S/c1-10(17-3)7-18(14,15)13-8-11(9-16-2)5-4-6-12-11/h10,12-13H,4-9H2,1-3H3. The molecule has 1 rings (SSSR count). The van der Waals surface area contributed by atoms with E-state index in [9.17, 15) is 8.42 Å². The first-order valence-electron chi connectivity index (χ1n) is 6.17. The molecular formula is C11H24N2O4S. The molecular weight excluding hydrogens is 256 g/mol. The van der Waals surface area contributed by atoms with Gasteiger partial charge in [0.25, 0.3) is 0 Å². The van der Waals surface area contributed by atoms with Crippen molar-refractivity contribution in [3.63, 3.8) is 0 Å². The molecule has 2 atom stereocenters. The zero-order chi connectivity index (χ0) is 13.6. The van der Waals surface area contributed by atoms with Crippen LogP contribution in [0.5, 0.6) is 0 Å². The number of hydrogen-bond acceptors (Lipinski definition) is 5. The van der Waals surface area contributed by atoms with E-state index in [1.54, 1.807) is 14.0 Å². The van der Waals surface area contributed by atoms with Crippen molar-refractivity contribution >= 4 is 10.0 Å². The summed E-state index contributed by atoms with van der Waals surface area (Å²) in [5.74, 6) is -0.0213. The maximum absolute atomic E-state index is 11.8. The van der Waals surface area contributed by atoms with Crippen molar-refractivity contribution in [2.45, 2.75) is 31.4 Å². The molecule has 1 aliphatic rings. The number of hydrogen-bond donors (Lipinski definition) is 2. The highest BCUT2D eigenvalue weighted by molar-refractivity contribution is 7.89. The third-order valence-corrected chi connectivity index (χ3v) is 4.73. The van der Waals surface area contributed by atoms with Crippen molar-refractivity contribution in [2.75, 3.05) is 39.7 Å². The monoisotopic (exact) mass is 280 g/mol. The van der Waals surface area contributed by atoms with Crippen LogP contribution in [0.25, 0.3) is 0 Å². The normalized spacial score (nSPS) is 26.4. The average molecular weight is 280 g/mol. The predicted molar refractivity (Wildman–Crippen MR) is 70.1 cm³/mol. The quantitative estimate of drug-likeness (QED) is 0.639. The molecule has 0 aromatic rings. The molecule has 1 fully saturated rings. The molecule has 2 N–H and O–H groups in total. The minimum atomic E-state index is -3.31. The van der Waals surface area contributed by atoms with E-state index in [2.05, 4.69) is 10.0 Å². The maximum atomic E-state index is 11.8. The van der Waals surface area contributed by atoms with Gasteiger partial charge >= 0.3 is 0 Å². The molecule has 6 nitrogen and oxygen atoms in total. The van der Waals surface area contributed by atoms with Crippen LogP contribution in [0.15, 0.2) is 0 Å². The molecule has 0 aromatic heterocycles. The maximum Gasteiger partial charge on any atom is 0.214 e. The second-order valence-corrected chi connectivity index (χ2v) is 6.74. The molecule has 1 heterocycles. The fraction of sp³-hybridized carbons (Fsp3) is 1.00. The van der Waals surface area contributed by atoms with Crippen molar-refractivity contribution in [3.8, 4) is 0 Å². The van der Waals surface area contributed by atoms with Crippen LogP contribution in [0, 0.1) is 0 Å². The average Bonchev–Trinajstić information content (AvgIpc) is 2.76. The molecule has 0 amide bonds. The Hall–Kier alpha value is -0.210. The Kier molecular flexibility index (Phi) is 6.00. The Morgan fingerprint density at radius 3 is 2.67 bits per heavy atom. The minimum Gasteiger partial charge on any atom is -0.383 e. The molecule has 18 heavy (non-hydrogen) atoms. The summed E-state index contributed by atoms with van der Waals surface area (Å²) in [6.45, 7) is 3.51. The third-order valence-electron chi connectivity index (χ3n) is 3.24. The lowest BCUT2D eigenvalue weighted by molar-refractivity contribution is 0.122. The predicted octanol–water partition coefficient (Wildman–Crippen LogP) is -0.291. The summed E-state index contributed by atoms with van der Waals surface area (Å²) < 4.78 is 36.5. The van der Waals surface area contributed by atoms with Crippen molar-refractivity contribution < 1.29 is 17.9 Å². The van der Waals surface area contributed by atoms with Crippen LogP contribution in [0.1, 0.15) is 19.8 Å². The topological polar surface area (TPSA) is 76.7 Å². The molecule has 0 spiro atoms. The van der Waals surface area contributed by atoms with E-state index in [-0.39, 0.29) is 17.4 Å². The number of methoxy groups -OCH3 is 2. The van der Waals surface area contributed by atoms with Crippen molar-refractivity contribution in [1.29, 1.82) is 0 Å². The molecule has 1 aliphatic heterocycles. The summed E-state index contributed by atoms with van der Waals surface area (Å²) >= 11 is 0. The number of rotatable bonds is 8. The fourth-order valence-corrected chi connectivity index (χ4v) is 3.52. The van der Waals surface area contributed by atoms with E-state index in [4.69, 9.17) is 9.47 Å². The molecule has 0 aromatic carbocycles. The summed E-state index contributed by atoms with van der Waals surface area (Å²) in [5, 5.41) is 3.33. The molecule has 7 heteroatoms. The van der Waals surface area contributed by atoms with E-state index >= 15 is 0 Å². The second kappa shape index (κ2) is 6.81. The van der Waals surface area contributed by atoms with Gasteiger partial charge in [0.05, 0.1) is 24.0 Å². The van der Waals surface area contributed by atoms with Gasteiger partial charge in [0.15, 0.2) is 0 Å². The van der Waals surface area contributed by atoms with E-state index in [0.717, 1.165) is 19.4 Å². The van der Waals surface area contributed by atoms with Crippen LogP contribution >= 0.6 is 0 Å². The number of sulfonamides is 1. The van der Waals surface area contributed by atoms with Gasteiger partial charge in [-0.2, -0.15) is 0 Å². The highest BCUT2D eigenvalue weighted by atomic mass is 32.2. The molecule has 0 radical (unpaired) electrons. The van der Waals surface area contributed by atoms with Gasteiger partial charge in [-0.1, -0.05) is 0 Å². The number of ether oxygens (including phenoxy) is 2. The van der Waals surface area contributed by atoms with Gasteiger partial charge in [-0.15, -0.1) is 0 Å². The molecule has 0 bridgehead atoms. The smallest absolute Gasteiger partial charge is 0.214 e. The first-order valence-corrected chi connectivity index (χ1v) is 7.82. The highest BCUT2D eigenvalue weighted by Crippen LogP contribution is 2.19. The largest absolute Gasteiger partial charge is 0.383 e. The molecule has 1 saturated heterocycles. The van der Waals surface area contributed by atoms with Gasteiger partial charge in [0, 0.05) is 20.8 Å². The molecule has 0 aliphatic carbocycles. The van der Waals surface area contributed by atoms with Crippen LogP contribution in [0.2, 0.25) is 0 Å². The SMILES string of the molecule is COCC1(CNS(=O)(=O)CC(C)OC)CCCN1. The Bertz CT molecular complexity index is 339. The lowest BCUT2D eigenvalue weighted by atomic mass is 9.99. The van der Waals surface area contributed by atoms with E-state index in [0.29, 0.717) is 13.2 Å². The summed E-state index contributed by atoms with van der Waals surface area (Å²) in [6, 6.07) is 0. The third kappa shape index (κ3) is 4.81. The zero-order valence-corrected chi connectivity index (χ0v) is 12.2. The highest BCUT2D eigenvalue weighted by Gasteiger charge is 2.34. The van der Waals surface area contributed by atoms with Crippen LogP contribution in [-0.4, -0.2) is 59.7 Å². The van der Waals surface area contributed by atoms with Crippen molar-refractivity contribution in [2.24, 2.45) is 0 Å². The Morgan fingerprint density at radius 1 is 1.44 bits per heavy atom. The van der Waals surface area contributed by atoms with E-state index in [1.165, 1.54) is 7.11 Å². The first kappa shape index (κ1) is 15.8. The van der Waals surface area contributed by atoms with Crippen LogP contribution in [0.3, 0.4) is 0 Å². The van der Waals surface area contributed by atoms with Gasteiger partial charge in [-0.25, -0.2) is 13.1 Å². The summed E-state index contributed by atoms with van der Waals surface area (Å²) in [7, 11) is -0.174. The molecule has 2 unspecified atom stereocenters. The van der Waals surface area contributed by atoms with Gasteiger partial charge in [0.2, 0.25) is 10.0 Å². The molecule has 108 valence electrons. The number of nitrogens with one attached hydrogen (secondary N) is 2. The van der Waals surface area contributed by atoms with Crippen LogP contribution in [-0.2, 0) is 19.5 Å². The zero-order valence-electron chi connectivity index (χ0n) is 11.4. The summed E-state index contributed by atoms with van der Waals surface area (Å²) in [4.78, 5) is 0. The lowest BCUT2D eigenvalue weighted by Crippen LogP contribution is -2.53. The van der Waals surface area contributed by atoms with Crippen molar-refractivity contribution in [3.05, 3.63) is 0 Å². The lowest BCUT2D eigenvalue weighted by Gasteiger charge is -2.29. The van der Waals surface area contributed by atoms with Crippen LogP contribution < -0.4 is 10.0 Å². The van der Waals surface area contributed by atoms with Gasteiger partial charge < -0.3 is 14.8 Å². The molecule has 0 saturated carbocycles. The second-order valence-electron chi connectivity index (χ2n) is 4.89. The Balaban J connectivity index is 2.51. The first-order chi connectivity index (χ1) is 8.43. The van der Waals surface area contributed by atoms with Crippen LogP contribution in [0.4, 0.5) is 0 Å². The minimum absolute atomic E-state index is 0.0213. The summed E-state index contributed by atoms with van der Waals surface area (Å²) in [6.07, 6.45) is 1.65. The van der Waals surface area contributed by atoms with Gasteiger partial charge in [-0.05, 0) is 26.3 Å².